The molecule has 8 heteroatoms. The highest BCUT2D eigenvalue weighted by molar-refractivity contribution is 5.94. The third-order valence-corrected chi connectivity index (χ3v) is 5.76. The van der Waals surface area contributed by atoms with Gasteiger partial charge in [0, 0.05) is 17.0 Å². The summed E-state index contributed by atoms with van der Waals surface area (Å²) in [4.78, 5) is 25.1. The minimum Gasteiger partial charge on any atom is -0.494 e. The minimum atomic E-state index is -0.868. The normalized spacial score (nSPS) is 14.5. The summed E-state index contributed by atoms with van der Waals surface area (Å²) >= 11 is 0. The minimum absolute atomic E-state index is 0.0459. The highest BCUT2D eigenvalue weighted by Crippen LogP contribution is 2.44. The highest BCUT2D eigenvalue weighted by atomic mass is 16.5. The molecule has 1 unspecified atom stereocenters. The number of rotatable bonds is 5. The molecule has 0 amide bonds. The van der Waals surface area contributed by atoms with E-state index in [1.807, 2.05) is 31.2 Å². The van der Waals surface area contributed by atoms with Crippen molar-refractivity contribution in [1.82, 2.24) is 0 Å². The van der Waals surface area contributed by atoms with Gasteiger partial charge in [-0.3, -0.25) is 0 Å². The molecule has 1 atom stereocenters. The molecule has 0 aliphatic carbocycles. The lowest BCUT2D eigenvalue weighted by atomic mass is 9.83. The van der Waals surface area contributed by atoms with Gasteiger partial charge in [0.05, 0.1) is 12.5 Å². The van der Waals surface area contributed by atoms with Crippen molar-refractivity contribution in [3.05, 3.63) is 111 Å². The maximum absolute atomic E-state index is 12.8. The van der Waals surface area contributed by atoms with Crippen molar-refractivity contribution < 1.29 is 23.4 Å². The van der Waals surface area contributed by atoms with Crippen LogP contribution in [0.15, 0.2) is 93.5 Å². The number of carbonyl (C=O) groups excluding carboxylic acids is 1. The van der Waals surface area contributed by atoms with Crippen LogP contribution in [0, 0.1) is 11.3 Å². The van der Waals surface area contributed by atoms with E-state index in [1.54, 1.807) is 36.4 Å². The second-order valence-corrected chi connectivity index (χ2v) is 8.00. The number of hydrogen-bond donors (Lipinski definition) is 1. The lowest BCUT2D eigenvalue weighted by Crippen LogP contribution is -2.22. The zero-order valence-electron chi connectivity index (χ0n) is 19.2. The second-order valence-electron chi connectivity index (χ2n) is 8.00. The van der Waals surface area contributed by atoms with Gasteiger partial charge in [-0.2, -0.15) is 5.26 Å². The molecule has 0 spiro atoms. The number of ether oxygens (including phenoxy) is 3. The van der Waals surface area contributed by atoms with E-state index in [0.29, 0.717) is 34.6 Å². The van der Waals surface area contributed by atoms with Crippen LogP contribution in [0.5, 0.6) is 17.2 Å². The number of nitriles is 1. The van der Waals surface area contributed by atoms with Crippen LogP contribution >= 0.6 is 0 Å². The fourth-order valence-corrected chi connectivity index (χ4v) is 4.16. The fourth-order valence-electron chi connectivity index (χ4n) is 4.16. The number of para-hydroxylation sites is 1. The molecule has 3 aromatic carbocycles. The van der Waals surface area contributed by atoms with Crippen LogP contribution < -0.4 is 25.6 Å². The summed E-state index contributed by atoms with van der Waals surface area (Å²) in [6, 6.07) is 22.6. The van der Waals surface area contributed by atoms with Gasteiger partial charge >= 0.3 is 11.6 Å². The van der Waals surface area contributed by atoms with Crippen LogP contribution in [0.3, 0.4) is 0 Å². The third-order valence-electron chi connectivity index (χ3n) is 5.76. The maximum atomic E-state index is 12.8. The molecule has 5 rings (SSSR count). The fraction of sp³-hybridized carbons (Fsp3) is 0.107. The number of fused-ring (bicyclic) bond motifs is 2. The average Bonchev–Trinajstić information content (AvgIpc) is 2.87. The van der Waals surface area contributed by atoms with E-state index in [4.69, 9.17) is 24.4 Å². The average molecular weight is 480 g/mol. The largest absolute Gasteiger partial charge is 0.494 e. The SMILES string of the molecule is CCOc1cccc(C2C(C#N)=C(N)Oc3cc(OC(=O)c4cc5ccccc5oc4=O)ccc32)c1. The monoisotopic (exact) mass is 480 g/mol. The lowest BCUT2D eigenvalue weighted by Gasteiger charge is -2.27. The Balaban J connectivity index is 1.49. The highest BCUT2D eigenvalue weighted by Gasteiger charge is 2.31. The Labute approximate surface area is 205 Å². The third kappa shape index (κ3) is 4.14. The van der Waals surface area contributed by atoms with E-state index in [9.17, 15) is 14.9 Å². The van der Waals surface area contributed by atoms with Gasteiger partial charge in [-0.05, 0) is 42.8 Å². The first-order valence-corrected chi connectivity index (χ1v) is 11.2. The Kier molecular flexibility index (Phi) is 5.88. The number of carbonyl (C=O) groups is 1. The number of hydrogen-bond acceptors (Lipinski definition) is 8. The van der Waals surface area contributed by atoms with Crippen LogP contribution in [0.2, 0.25) is 0 Å². The smallest absolute Gasteiger partial charge is 0.351 e. The van der Waals surface area contributed by atoms with E-state index in [-0.39, 0.29) is 22.8 Å². The maximum Gasteiger partial charge on any atom is 0.351 e. The van der Waals surface area contributed by atoms with Gasteiger partial charge in [-0.25, -0.2) is 9.59 Å². The molecule has 0 radical (unpaired) electrons. The van der Waals surface area contributed by atoms with Gasteiger partial charge in [0.1, 0.15) is 40.0 Å². The molecule has 178 valence electrons. The summed E-state index contributed by atoms with van der Waals surface area (Å²) in [5.74, 6) is -0.284. The van der Waals surface area contributed by atoms with E-state index in [2.05, 4.69) is 6.07 Å². The number of nitrogens with zero attached hydrogens (tertiary/aromatic N) is 1. The summed E-state index contributed by atoms with van der Waals surface area (Å²) in [5, 5.41) is 10.4. The van der Waals surface area contributed by atoms with Crippen LogP contribution in [0.1, 0.15) is 34.3 Å². The van der Waals surface area contributed by atoms with Crippen molar-refractivity contribution >= 4 is 16.9 Å². The molecule has 0 saturated heterocycles. The Morgan fingerprint density at radius 1 is 1.06 bits per heavy atom. The molecule has 0 bridgehead atoms. The predicted octanol–water partition coefficient (Wildman–Crippen LogP) is 4.63. The molecule has 36 heavy (non-hydrogen) atoms. The summed E-state index contributed by atoms with van der Waals surface area (Å²) in [6.45, 7) is 2.39. The Morgan fingerprint density at radius 3 is 2.69 bits per heavy atom. The van der Waals surface area contributed by atoms with Crippen molar-refractivity contribution in [3.63, 3.8) is 0 Å². The van der Waals surface area contributed by atoms with Crippen LogP contribution in [0.4, 0.5) is 0 Å². The number of allylic oxidation sites excluding steroid dienone is 1. The molecule has 1 aromatic heterocycles. The summed E-state index contributed by atoms with van der Waals surface area (Å²) in [7, 11) is 0. The van der Waals surface area contributed by atoms with Gasteiger partial charge < -0.3 is 24.4 Å². The van der Waals surface area contributed by atoms with E-state index < -0.39 is 17.5 Å². The molecular weight excluding hydrogens is 460 g/mol. The van der Waals surface area contributed by atoms with Crippen molar-refractivity contribution in [2.45, 2.75) is 12.8 Å². The van der Waals surface area contributed by atoms with Crippen LogP contribution in [-0.4, -0.2) is 12.6 Å². The first kappa shape index (κ1) is 22.7. The number of esters is 1. The van der Waals surface area contributed by atoms with E-state index in [0.717, 1.165) is 5.56 Å². The van der Waals surface area contributed by atoms with Crippen LogP contribution in [-0.2, 0) is 0 Å². The topological polar surface area (TPSA) is 125 Å². The molecule has 0 fully saturated rings. The lowest BCUT2D eigenvalue weighted by molar-refractivity contribution is 0.0730. The van der Waals surface area contributed by atoms with Gasteiger partial charge in [-0.15, -0.1) is 0 Å². The van der Waals surface area contributed by atoms with Crippen molar-refractivity contribution in [2.75, 3.05) is 6.61 Å². The van der Waals surface area contributed by atoms with E-state index in [1.165, 1.54) is 12.1 Å². The quantitative estimate of drug-likeness (QED) is 0.249. The molecule has 4 aromatic rings. The molecule has 2 N–H and O–H groups in total. The number of nitrogens with two attached hydrogens (primary N) is 1. The van der Waals surface area contributed by atoms with Gasteiger partial charge in [-0.1, -0.05) is 36.4 Å². The summed E-state index contributed by atoms with van der Waals surface area (Å²) in [6.07, 6.45) is 0. The van der Waals surface area contributed by atoms with Gasteiger partial charge in [0.25, 0.3) is 0 Å². The molecular formula is C28H20N2O6. The molecule has 8 nitrogen and oxygen atoms in total. The standard InChI is InChI=1S/C28H20N2O6/c1-2-33-18-8-5-7-17(12-18)25-20-11-10-19(14-24(20)35-26(30)22(25)15-29)34-27(31)21-13-16-6-3-4-9-23(16)36-28(21)32/h3-14,25H,2,30H2,1H3. The van der Waals surface area contributed by atoms with Gasteiger partial charge in [0.2, 0.25) is 5.88 Å². The van der Waals surface area contributed by atoms with Gasteiger partial charge in [0.15, 0.2) is 0 Å². The van der Waals surface area contributed by atoms with E-state index >= 15 is 0 Å². The molecule has 0 saturated carbocycles. The Bertz CT molecular complexity index is 1630. The first-order valence-electron chi connectivity index (χ1n) is 11.2. The Morgan fingerprint density at radius 2 is 1.89 bits per heavy atom. The van der Waals surface area contributed by atoms with Crippen molar-refractivity contribution in [3.8, 4) is 23.3 Å². The van der Waals surface area contributed by atoms with Crippen molar-refractivity contribution in [1.29, 1.82) is 5.26 Å². The summed E-state index contributed by atoms with van der Waals surface area (Å²) < 4.78 is 22.0. The number of benzene rings is 3. The Hall–Kier alpha value is -5.03. The second kappa shape index (κ2) is 9.31. The molecule has 2 heterocycles. The van der Waals surface area contributed by atoms with Crippen molar-refractivity contribution in [2.24, 2.45) is 5.73 Å². The zero-order chi connectivity index (χ0) is 25.2. The first-order chi connectivity index (χ1) is 17.5. The zero-order valence-corrected chi connectivity index (χ0v) is 19.2. The predicted molar refractivity (Wildman–Crippen MR) is 131 cm³/mol. The summed E-state index contributed by atoms with van der Waals surface area (Å²) in [5.41, 5.74) is 7.15. The molecule has 1 aliphatic rings. The van der Waals surface area contributed by atoms with Crippen LogP contribution in [0.25, 0.3) is 11.0 Å². The molecule has 1 aliphatic heterocycles.